The van der Waals surface area contributed by atoms with Crippen molar-refractivity contribution in [2.24, 2.45) is 5.14 Å². The molecule has 11 heteroatoms. The number of esters is 2. The molecule has 1 amide bonds. The average Bonchev–Trinajstić information content (AvgIpc) is 2.65. The molecule has 0 bridgehead atoms. The SMILES string of the molecule is COC(=O)c1ccccc1NC(=O)COC(=O)c1ccc(Cl)c(S(N)(=O)=O)c1. The van der Waals surface area contributed by atoms with Crippen molar-refractivity contribution in [2.45, 2.75) is 4.90 Å². The topological polar surface area (TPSA) is 142 Å². The maximum atomic E-state index is 12.1. The van der Waals surface area contributed by atoms with E-state index in [9.17, 15) is 22.8 Å². The fourth-order valence-electron chi connectivity index (χ4n) is 2.13. The lowest BCUT2D eigenvalue weighted by Gasteiger charge is -2.10. The minimum atomic E-state index is -4.14. The van der Waals surface area contributed by atoms with Gasteiger partial charge < -0.3 is 14.8 Å². The molecule has 0 heterocycles. The number of methoxy groups -OCH3 is 1. The summed E-state index contributed by atoms with van der Waals surface area (Å²) in [6.45, 7) is -0.679. The fourth-order valence-corrected chi connectivity index (χ4v) is 3.20. The molecule has 0 unspecified atom stereocenters. The van der Waals surface area contributed by atoms with Gasteiger partial charge in [0.15, 0.2) is 6.61 Å². The molecule has 0 aliphatic rings. The maximum absolute atomic E-state index is 12.1. The fraction of sp³-hybridized carbons (Fsp3) is 0.118. The van der Waals surface area contributed by atoms with Crippen molar-refractivity contribution in [3.05, 3.63) is 58.6 Å². The first-order valence-corrected chi connectivity index (χ1v) is 9.52. The summed E-state index contributed by atoms with van der Waals surface area (Å²) in [5, 5.41) is 7.29. The van der Waals surface area contributed by atoms with E-state index in [1.54, 1.807) is 12.1 Å². The first kappa shape index (κ1) is 21.4. The van der Waals surface area contributed by atoms with Gasteiger partial charge in [0.25, 0.3) is 5.91 Å². The Bertz CT molecular complexity index is 1040. The second-order valence-electron chi connectivity index (χ2n) is 5.35. The highest BCUT2D eigenvalue weighted by molar-refractivity contribution is 7.89. The van der Waals surface area contributed by atoms with Crippen LogP contribution in [0.5, 0.6) is 0 Å². The molecule has 0 aliphatic heterocycles. The number of anilines is 1. The number of carbonyl (C=O) groups is 3. The van der Waals surface area contributed by atoms with Crippen molar-refractivity contribution in [1.82, 2.24) is 0 Å². The number of primary sulfonamides is 1. The number of rotatable bonds is 6. The van der Waals surface area contributed by atoms with Crippen LogP contribution in [0.25, 0.3) is 0 Å². The lowest BCUT2D eigenvalue weighted by molar-refractivity contribution is -0.119. The van der Waals surface area contributed by atoms with E-state index in [-0.39, 0.29) is 21.8 Å². The van der Waals surface area contributed by atoms with Crippen LogP contribution in [-0.2, 0) is 24.3 Å². The Labute approximate surface area is 165 Å². The second-order valence-corrected chi connectivity index (χ2v) is 7.29. The molecule has 0 aromatic heterocycles. The molecule has 0 fully saturated rings. The Balaban J connectivity index is 2.06. The number of nitrogens with one attached hydrogen (secondary N) is 1. The van der Waals surface area contributed by atoms with Crippen LogP contribution in [-0.4, -0.2) is 40.0 Å². The van der Waals surface area contributed by atoms with Crippen molar-refractivity contribution in [1.29, 1.82) is 0 Å². The quantitative estimate of drug-likeness (QED) is 0.667. The molecule has 2 aromatic rings. The number of halogens is 1. The maximum Gasteiger partial charge on any atom is 0.339 e. The minimum Gasteiger partial charge on any atom is -0.465 e. The van der Waals surface area contributed by atoms with Gasteiger partial charge in [0.1, 0.15) is 4.90 Å². The van der Waals surface area contributed by atoms with Gasteiger partial charge in [0, 0.05) is 0 Å². The molecule has 0 spiro atoms. The predicted molar refractivity (Wildman–Crippen MR) is 99.5 cm³/mol. The van der Waals surface area contributed by atoms with Crippen LogP contribution in [0.15, 0.2) is 47.4 Å². The first-order valence-electron chi connectivity index (χ1n) is 7.60. The van der Waals surface area contributed by atoms with Crippen LogP contribution in [0, 0.1) is 0 Å². The Kier molecular flexibility index (Phi) is 6.73. The van der Waals surface area contributed by atoms with Crippen molar-refractivity contribution in [3.63, 3.8) is 0 Å². The number of nitrogens with two attached hydrogens (primary N) is 1. The summed E-state index contributed by atoms with van der Waals surface area (Å²) in [6.07, 6.45) is 0. The summed E-state index contributed by atoms with van der Waals surface area (Å²) in [7, 11) is -2.94. The number of amides is 1. The van der Waals surface area contributed by atoms with E-state index in [1.165, 1.54) is 31.4 Å². The van der Waals surface area contributed by atoms with Gasteiger partial charge in [-0.3, -0.25) is 4.79 Å². The molecule has 0 radical (unpaired) electrons. The second kappa shape index (κ2) is 8.83. The van der Waals surface area contributed by atoms with E-state index in [4.69, 9.17) is 21.5 Å². The Hall–Kier alpha value is -2.95. The van der Waals surface area contributed by atoms with Gasteiger partial charge in [-0.15, -0.1) is 0 Å². The number of carbonyl (C=O) groups excluding carboxylic acids is 3. The number of para-hydroxylation sites is 1. The third-order valence-corrected chi connectivity index (χ3v) is 4.81. The zero-order valence-corrected chi connectivity index (χ0v) is 16.0. The normalized spacial score (nSPS) is 10.8. The van der Waals surface area contributed by atoms with Gasteiger partial charge in [0.05, 0.1) is 28.9 Å². The van der Waals surface area contributed by atoms with Crippen LogP contribution in [0.2, 0.25) is 5.02 Å². The molecule has 0 aliphatic carbocycles. The van der Waals surface area contributed by atoms with Gasteiger partial charge in [0.2, 0.25) is 10.0 Å². The first-order chi connectivity index (χ1) is 13.1. The lowest BCUT2D eigenvalue weighted by Crippen LogP contribution is -2.22. The van der Waals surface area contributed by atoms with Crippen LogP contribution < -0.4 is 10.5 Å². The number of sulfonamides is 1. The van der Waals surface area contributed by atoms with Gasteiger partial charge >= 0.3 is 11.9 Å². The average molecular weight is 427 g/mol. The van der Waals surface area contributed by atoms with Gasteiger partial charge in [-0.1, -0.05) is 23.7 Å². The zero-order valence-electron chi connectivity index (χ0n) is 14.5. The molecule has 3 N–H and O–H groups in total. The monoisotopic (exact) mass is 426 g/mol. The highest BCUT2D eigenvalue weighted by Crippen LogP contribution is 2.22. The van der Waals surface area contributed by atoms with Gasteiger partial charge in [-0.05, 0) is 30.3 Å². The summed E-state index contributed by atoms with van der Waals surface area (Å²) in [4.78, 5) is 35.3. The Morgan fingerprint density at radius 2 is 1.79 bits per heavy atom. The molecule has 2 rings (SSSR count). The minimum absolute atomic E-state index is 0.125. The molecular weight excluding hydrogens is 412 g/mol. The van der Waals surface area contributed by atoms with E-state index < -0.39 is 39.4 Å². The van der Waals surface area contributed by atoms with E-state index in [1.807, 2.05) is 0 Å². The van der Waals surface area contributed by atoms with Gasteiger partial charge in [-0.2, -0.15) is 0 Å². The molecule has 0 saturated carbocycles. The summed E-state index contributed by atoms with van der Waals surface area (Å²) in [6, 6.07) is 9.46. The summed E-state index contributed by atoms with van der Waals surface area (Å²) in [5.74, 6) is -2.33. The van der Waals surface area contributed by atoms with Crippen molar-refractivity contribution in [2.75, 3.05) is 19.0 Å². The van der Waals surface area contributed by atoms with Crippen LogP contribution >= 0.6 is 11.6 Å². The number of hydrogen-bond acceptors (Lipinski definition) is 7. The number of ether oxygens (including phenoxy) is 2. The van der Waals surface area contributed by atoms with E-state index in [0.717, 1.165) is 6.07 Å². The number of hydrogen-bond donors (Lipinski definition) is 2. The Morgan fingerprint density at radius 3 is 2.43 bits per heavy atom. The highest BCUT2D eigenvalue weighted by atomic mass is 35.5. The van der Waals surface area contributed by atoms with Crippen molar-refractivity contribution >= 4 is 45.2 Å². The largest absolute Gasteiger partial charge is 0.465 e. The van der Waals surface area contributed by atoms with Gasteiger partial charge in [-0.25, -0.2) is 23.1 Å². The summed E-state index contributed by atoms with van der Waals surface area (Å²) >= 11 is 5.74. The van der Waals surface area contributed by atoms with E-state index >= 15 is 0 Å². The molecule has 9 nitrogen and oxygen atoms in total. The third-order valence-electron chi connectivity index (χ3n) is 3.41. The summed E-state index contributed by atoms with van der Waals surface area (Å²) in [5.41, 5.74) is 0.148. The molecule has 0 saturated heterocycles. The van der Waals surface area contributed by atoms with Crippen molar-refractivity contribution < 1.29 is 32.3 Å². The highest BCUT2D eigenvalue weighted by Gasteiger charge is 2.18. The predicted octanol–water partition coefficient (Wildman–Crippen LogP) is 1.57. The molecular formula is C17H15ClN2O7S. The Morgan fingerprint density at radius 1 is 1.11 bits per heavy atom. The van der Waals surface area contributed by atoms with Crippen LogP contribution in [0.3, 0.4) is 0 Å². The lowest BCUT2D eigenvalue weighted by atomic mass is 10.2. The third kappa shape index (κ3) is 5.28. The van der Waals surface area contributed by atoms with E-state index in [2.05, 4.69) is 10.1 Å². The van der Waals surface area contributed by atoms with E-state index in [0.29, 0.717) is 0 Å². The summed E-state index contributed by atoms with van der Waals surface area (Å²) < 4.78 is 32.4. The van der Waals surface area contributed by atoms with Crippen molar-refractivity contribution in [3.8, 4) is 0 Å². The zero-order chi connectivity index (χ0) is 20.9. The molecule has 28 heavy (non-hydrogen) atoms. The van der Waals surface area contributed by atoms with Crippen LogP contribution in [0.4, 0.5) is 5.69 Å². The molecule has 2 aromatic carbocycles. The number of benzene rings is 2. The van der Waals surface area contributed by atoms with Crippen LogP contribution in [0.1, 0.15) is 20.7 Å². The molecule has 0 atom stereocenters. The smallest absolute Gasteiger partial charge is 0.339 e. The molecule has 148 valence electrons. The standard InChI is InChI=1S/C17H15ClN2O7S/c1-26-17(23)11-4-2-3-5-13(11)20-15(21)9-27-16(22)10-6-7-12(18)14(8-10)28(19,24)25/h2-8H,9H2,1H3,(H,20,21)(H2,19,24,25).